The second-order valence-corrected chi connectivity index (χ2v) is 8.57. The van der Waals surface area contributed by atoms with Gasteiger partial charge in [-0.3, -0.25) is 9.59 Å². The maximum Gasteiger partial charge on any atom is 0.294 e. The van der Waals surface area contributed by atoms with Crippen LogP contribution in [0.15, 0.2) is 108 Å². The SMILES string of the molecule is C[C@@H]1C[C@@H](N(C(=O)Cc2ccccc2)c2ccccc2)c2ccccc2N1C(=O)c1ccco1. The van der Waals surface area contributed by atoms with Crippen molar-refractivity contribution in [2.75, 3.05) is 9.80 Å². The van der Waals surface area contributed by atoms with Crippen LogP contribution < -0.4 is 9.80 Å². The van der Waals surface area contributed by atoms with E-state index in [9.17, 15) is 9.59 Å². The summed E-state index contributed by atoms with van der Waals surface area (Å²) in [6, 6.07) is 30.5. The largest absolute Gasteiger partial charge is 0.459 e. The van der Waals surface area contributed by atoms with E-state index in [0.717, 1.165) is 22.5 Å². The molecule has 5 nitrogen and oxygen atoms in total. The molecule has 0 saturated heterocycles. The van der Waals surface area contributed by atoms with Crippen LogP contribution >= 0.6 is 0 Å². The molecule has 3 aromatic carbocycles. The van der Waals surface area contributed by atoms with Gasteiger partial charge in [0.1, 0.15) is 0 Å². The standard InChI is InChI=1S/C29H26N2O3/c1-21-19-26(24-15-8-9-16-25(24)30(21)29(33)27-17-10-18-34-27)31(23-13-6-3-7-14-23)28(32)20-22-11-4-2-5-12-22/h2-18,21,26H,19-20H2,1H3/t21-,26-/m1/s1. The quantitative estimate of drug-likeness (QED) is 0.373. The van der Waals surface area contributed by atoms with Gasteiger partial charge < -0.3 is 14.2 Å². The number of nitrogens with zero attached hydrogens (tertiary/aromatic N) is 2. The molecule has 0 spiro atoms. The van der Waals surface area contributed by atoms with E-state index in [0.29, 0.717) is 18.6 Å². The average Bonchev–Trinajstić information content (AvgIpc) is 3.40. The molecule has 0 fully saturated rings. The molecule has 1 aliphatic rings. The molecule has 4 aromatic rings. The summed E-state index contributed by atoms with van der Waals surface area (Å²) in [7, 11) is 0. The van der Waals surface area contributed by atoms with Gasteiger partial charge in [-0.25, -0.2) is 0 Å². The van der Waals surface area contributed by atoms with E-state index in [1.807, 2.05) is 96.8 Å². The Morgan fingerprint density at radius 2 is 1.56 bits per heavy atom. The summed E-state index contributed by atoms with van der Waals surface area (Å²) in [6.45, 7) is 2.02. The number of benzene rings is 3. The number of rotatable bonds is 5. The highest BCUT2D eigenvalue weighted by atomic mass is 16.3. The summed E-state index contributed by atoms with van der Waals surface area (Å²) in [5, 5.41) is 0. The van der Waals surface area contributed by atoms with Crippen LogP contribution in [0.1, 0.15) is 41.1 Å². The third-order valence-electron chi connectivity index (χ3n) is 6.32. The van der Waals surface area contributed by atoms with E-state index >= 15 is 0 Å². The Morgan fingerprint density at radius 1 is 0.882 bits per heavy atom. The van der Waals surface area contributed by atoms with Crippen molar-refractivity contribution in [1.29, 1.82) is 0 Å². The fourth-order valence-electron chi connectivity index (χ4n) is 4.80. The van der Waals surface area contributed by atoms with Gasteiger partial charge in [0.15, 0.2) is 5.76 Å². The van der Waals surface area contributed by atoms with Gasteiger partial charge in [0.05, 0.1) is 18.7 Å². The Morgan fingerprint density at radius 3 is 2.26 bits per heavy atom. The molecule has 170 valence electrons. The van der Waals surface area contributed by atoms with Crippen molar-refractivity contribution in [1.82, 2.24) is 0 Å². The van der Waals surface area contributed by atoms with Crippen LogP contribution in [0.4, 0.5) is 11.4 Å². The summed E-state index contributed by atoms with van der Waals surface area (Å²) in [4.78, 5) is 30.8. The Labute approximate surface area is 199 Å². The van der Waals surface area contributed by atoms with Gasteiger partial charge in [-0.2, -0.15) is 0 Å². The van der Waals surface area contributed by atoms with E-state index in [1.54, 1.807) is 17.0 Å². The Balaban J connectivity index is 1.56. The lowest BCUT2D eigenvalue weighted by molar-refractivity contribution is -0.118. The van der Waals surface area contributed by atoms with Crippen LogP contribution in [0.3, 0.4) is 0 Å². The number of fused-ring (bicyclic) bond motifs is 1. The van der Waals surface area contributed by atoms with Crippen LogP contribution in [0.2, 0.25) is 0 Å². The third kappa shape index (κ3) is 4.13. The molecule has 1 aliphatic heterocycles. The van der Waals surface area contributed by atoms with Gasteiger partial charge in [-0.15, -0.1) is 0 Å². The molecule has 34 heavy (non-hydrogen) atoms. The number of anilines is 2. The van der Waals surface area contributed by atoms with Crippen LogP contribution in [0.5, 0.6) is 0 Å². The Bertz CT molecular complexity index is 1270. The predicted octanol–water partition coefficient (Wildman–Crippen LogP) is 6.04. The highest BCUT2D eigenvalue weighted by Crippen LogP contribution is 2.42. The minimum absolute atomic E-state index is 0.0233. The molecule has 2 heterocycles. The Kier molecular flexibility index (Phi) is 6.00. The van der Waals surface area contributed by atoms with E-state index in [-0.39, 0.29) is 23.9 Å². The normalized spacial score (nSPS) is 17.1. The van der Waals surface area contributed by atoms with Crippen molar-refractivity contribution < 1.29 is 14.0 Å². The fraction of sp³-hybridized carbons (Fsp3) is 0.172. The van der Waals surface area contributed by atoms with Gasteiger partial charge >= 0.3 is 0 Å². The van der Waals surface area contributed by atoms with Crippen LogP contribution in [0, 0.1) is 0 Å². The average molecular weight is 451 g/mol. The monoisotopic (exact) mass is 450 g/mol. The van der Waals surface area contributed by atoms with Gasteiger partial charge in [0.2, 0.25) is 5.91 Å². The van der Waals surface area contributed by atoms with Gasteiger partial charge in [0.25, 0.3) is 5.91 Å². The summed E-state index contributed by atoms with van der Waals surface area (Å²) in [6.07, 6.45) is 2.42. The molecule has 0 aliphatic carbocycles. The predicted molar refractivity (Wildman–Crippen MR) is 133 cm³/mol. The highest BCUT2D eigenvalue weighted by molar-refractivity contribution is 6.06. The van der Waals surface area contributed by atoms with Crippen molar-refractivity contribution in [2.45, 2.75) is 31.8 Å². The lowest BCUT2D eigenvalue weighted by Gasteiger charge is -2.43. The minimum atomic E-state index is -0.203. The minimum Gasteiger partial charge on any atom is -0.459 e. The first-order valence-corrected chi connectivity index (χ1v) is 11.5. The highest BCUT2D eigenvalue weighted by Gasteiger charge is 2.39. The molecule has 0 bridgehead atoms. The summed E-state index contributed by atoms with van der Waals surface area (Å²) in [5.41, 5.74) is 3.58. The number of furan rings is 1. The zero-order valence-corrected chi connectivity index (χ0v) is 19.0. The molecular weight excluding hydrogens is 424 g/mol. The van der Waals surface area contributed by atoms with Crippen molar-refractivity contribution >= 4 is 23.2 Å². The van der Waals surface area contributed by atoms with Gasteiger partial charge in [0, 0.05) is 17.4 Å². The lowest BCUT2D eigenvalue weighted by atomic mass is 9.89. The number of para-hydroxylation sites is 2. The van der Waals surface area contributed by atoms with Crippen molar-refractivity contribution in [3.8, 4) is 0 Å². The smallest absolute Gasteiger partial charge is 0.294 e. The second-order valence-electron chi connectivity index (χ2n) is 8.57. The van der Waals surface area contributed by atoms with E-state index in [4.69, 9.17) is 4.42 Å². The van der Waals surface area contributed by atoms with Gasteiger partial charge in [-0.1, -0.05) is 66.7 Å². The number of carbonyl (C=O) groups excluding carboxylic acids is 2. The molecule has 0 unspecified atom stereocenters. The van der Waals surface area contributed by atoms with Crippen molar-refractivity contribution in [3.05, 3.63) is 120 Å². The number of amides is 2. The maximum absolute atomic E-state index is 13.8. The van der Waals surface area contributed by atoms with Crippen LogP contribution in [-0.2, 0) is 11.2 Å². The topological polar surface area (TPSA) is 53.8 Å². The zero-order chi connectivity index (χ0) is 23.5. The number of hydrogen-bond acceptors (Lipinski definition) is 3. The lowest BCUT2D eigenvalue weighted by Crippen LogP contribution is -2.48. The summed E-state index contributed by atoms with van der Waals surface area (Å²) in [5.74, 6) is 0.153. The van der Waals surface area contributed by atoms with Crippen molar-refractivity contribution in [2.24, 2.45) is 0 Å². The van der Waals surface area contributed by atoms with Gasteiger partial charge in [-0.05, 0) is 54.8 Å². The second kappa shape index (κ2) is 9.40. The third-order valence-corrected chi connectivity index (χ3v) is 6.32. The molecule has 2 amide bonds. The van der Waals surface area contributed by atoms with E-state index in [2.05, 4.69) is 0 Å². The molecule has 0 saturated carbocycles. The Hall–Kier alpha value is -4.12. The first-order valence-electron chi connectivity index (χ1n) is 11.5. The van der Waals surface area contributed by atoms with Crippen LogP contribution in [-0.4, -0.2) is 17.9 Å². The zero-order valence-electron chi connectivity index (χ0n) is 19.0. The van der Waals surface area contributed by atoms with Crippen molar-refractivity contribution in [3.63, 3.8) is 0 Å². The molecule has 2 atom stereocenters. The first-order chi connectivity index (χ1) is 16.6. The molecule has 5 heteroatoms. The van der Waals surface area contributed by atoms with Crippen LogP contribution in [0.25, 0.3) is 0 Å². The summed E-state index contributed by atoms with van der Waals surface area (Å²) < 4.78 is 5.40. The molecular formula is C29H26N2O3. The molecule has 5 rings (SSSR count). The van der Waals surface area contributed by atoms with E-state index in [1.165, 1.54) is 6.26 Å². The van der Waals surface area contributed by atoms with E-state index < -0.39 is 0 Å². The molecule has 0 N–H and O–H groups in total. The maximum atomic E-state index is 13.8. The summed E-state index contributed by atoms with van der Waals surface area (Å²) >= 11 is 0. The molecule has 1 aromatic heterocycles. The number of carbonyl (C=O) groups is 2. The molecule has 0 radical (unpaired) electrons. The number of hydrogen-bond donors (Lipinski definition) is 0. The first kappa shape index (κ1) is 21.7. The fourth-order valence-corrected chi connectivity index (χ4v) is 4.80.